The number of anilines is 1. The molecule has 1 amide bonds. The third-order valence-electron chi connectivity index (χ3n) is 4.34. The summed E-state index contributed by atoms with van der Waals surface area (Å²) in [5, 5.41) is 3.57. The molecule has 7 heteroatoms. The van der Waals surface area contributed by atoms with Crippen molar-refractivity contribution in [2.75, 3.05) is 5.32 Å². The maximum absolute atomic E-state index is 12.9. The molecule has 0 aliphatic carbocycles. The van der Waals surface area contributed by atoms with Crippen LogP contribution in [0.15, 0.2) is 72.8 Å². The summed E-state index contributed by atoms with van der Waals surface area (Å²) in [6.07, 6.45) is -4.59. The molecule has 1 heterocycles. The van der Waals surface area contributed by atoms with Gasteiger partial charge in [0.1, 0.15) is 5.01 Å². The van der Waals surface area contributed by atoms with E-state index in [0.717, 1.165) is 32.9 Å². The van der Waals surface area contributed by atoms with E-state index in [1.54, 1.807) is 12.1 Å². The highest BCUT2D eigenvalue weighted by Gasteiger charge is 2.30. The Balaban J connectivity index is 1.57. The Kier molecular flexibility index (Phi) is 5.07. The molecule has 29 heavy (non-hydrogen) atoms. The number of benzene rings is 3. The van der Waals surface area contributed by atoms with Crippen LogP contribution >= 0.6 is 11.3 Å². The van der Waals surface area contributed by atoms with E-state index >= 15 is 0 Å². The molecule has 1 N–H and O–H groups in total. The number of carbonyl (C=O) groups is 1. The predicted octanol–water partition coefficient (Wildman–Crippen LogP) is 6.16. The first-order valence-corrected chi connectivity index (χ1v) is 9.63. The quantitative estimate of drug-likeness (QED) is 0.436. The molecule has 0 spiro atoms. The van der Waals surface area contributed by atoms with E-state index in [1.165, 1.54) is 23.5 Å². The molecule has 3 nitrogen and oxygen atoms in total. The van der Waals surface area contributed by atoms with E-state index in [9.17, 15) is 18.0 Å². The molecule has 0 aliphatic rings. The first-order valence-electron chi connectivity index (χ1n) is 8.81. The first-order chi connectivity index (χ1) is 13.9. The number of rotatable bonds is 4. The van der Waals surface area contributed by atoms with Crippen LogP contribution in [0.3, 0.4) is 0 Å². The lowest BCUT2D eigenvalue weighted by molar-refractivity contribution is -0.137. The van der Waals surface area contributed by atoms with E-state index in [0.29, 0.717) is 11.3 Å². The van der Waals surface area contributed by atoms with Crippen LogP contribution in [0.5, 0.6) is 0 Å². The van der Waals surface area contributed by atoms with Gasteiger partial charge in [-0.15, -0.1) is 11.3 Å². The van der Waals surface area contributed by atoms with Crippen molar-refractivity contribution in [3.05, 3.63) is 83.9 Å². The zero-order chi connectivity index (χ0) is 20.4. The lowest BCUT2D eigenvalue weighted by atomic mass is 10.1. The Hall–Kier alpha value is -3.19. The molecule has 0 aliphatic heterocycles. The van der Waals surface area contributed by atoms with E-state index < -0.39 is 17.6 Å². The van der Waals surface area contributed by atoms with Crippen molar-refractivity contribution in [1.29, 1.82) is 0 Å². The van der Waals surface area contributed by atoms with Gasteiger partial charge in [0, 0.05) is 5.56 Å². The summed E-state index contributed by atoms with van der Waals surface area (Å²) in [5.74, 6) is -0.391. The second-order valence-corrected chi connectivity index (χ2v) is 7.49. The molecule has 1 aromatic heterocycles. The second kappa shape index (κ2) is 7.67. The molecule has 0 unspecified atom stereocenters. The zero-order valence-corrected chi connectivity index (χ0v) is 15.8. The van der Waals surface area contributed by atoms with Crippen molar-refractivity contribution in [2.24, 2.45) is 0 Å². The Morgan fingerprint density at radius 1 is 0.966 bits per heavy atom. The average Bonchev–Trinajstić information content (AvgIpc) is 3.12. The maximum atomic E-state index is 12.9. The van der Waals surface area contributed by atoms with Gasteiger partial charge in [-0.25, -0.2) is 4.98 Å². The van der Waals surface area contributed by atoms with Crippen molar-refractivity contribution < 1.29 is 18.0 Å². The van der Waals surface area contributed by atoms with Gasteiger partial charge < -0.3 is 5.32 Å². The summed E-state index contributed by atoms with van der Waals surface area (Å²) in [6.45, 7) is 0. The van der Waals surface area contributed by atoms with Crippen molar-refractivity contribution in [3.63, 3.8) is 0 Å². The summed E-state index contributed by atoms with van der Waals surface area (Å²) < 4.78 is 39.7. The number of amides is 1. The van der Waals surface area contributed by atoms with Crippen LogP contribution in [0.1, 0.15) is 11.1 Å². The molecular weight excluding hydrogens is 397 g/mol. The fourth-order valence-corrected chi connectivity index (χ4v) is 4.01. The van der Waals surface area contributed by atoms with Gasteiger partial charge in [-0.3, -0.25) is 4.79 Å². The van der Waals surface area contributed by atoms with Gasteiger partial charge in [-0.2, -0.15) is 13.2 Å². The van der Waals surface area contributed by atoms with Gasteiger partial charge in [-0.1, -0.05) is 42.5 Å². The predicted molar refractivity (Wildman–Crippen MR) is 109 cm³/mol. The Bertz CT molecular complexity index is 1150. The van der Waals surface area contributed by atoms with Crippen molar-refractivity contribution in [3.8, 4) is 10.6 Å². The molecular formula is C22H15F3N2OS. The number of fused-ring (bicyclic) bond motifs is 1. The number of halogens is 3. The van der Waals surface area contributed by atoms with Crippen LogP contribution in [0.4, 0.5) is 18.9 Å². The molecule has 0 fully saturated rings. The number of thiazole rings is 1. The molecule has 0 bridgehead atoms. The van der Waals surface area contributed by atoms with Gasteiger partial charge in [0.2, 0.25) is 5.91 Å². The lowest BCUT2D eigenvalue weighted by Gasteiger charge is -2.11. The summed E-state index contributed by atoms with van der Waals surface area (Å²) in [5.41, 5.74) is 1.75. The lowest BCUT2D eigenvalue weighted by Crippen LogP contribution is -2.15. The third kappa shape index (κ3) is 4.30. The van der Waals surface area contributed by atoms with Crippen LogP contribution < -0.4 is 5.32 Å². The minimum absolute atomic E-state index is 0.155. The van der Waals surface area contributed by atoms with E-state index in [1.807, 2.05) is 36.4 Å². The van der Waals surface area contributed by atoms with Gasteiger partial charge in [0.05, 0.1) is 27.9 Å². The fourth-order valence-electron chi connectivity index (χ4n) is 3.00. The van der Waals surface area contributed by atoms with Crippen LogP contribution in [-0.2, 0) is 17.4 Å². The van der Waals surface area contributed by atoms with Crippen LogP contribution in [0, 0.1) is 0 Å². The highest BCUT2D eigenvalue weighted by molar-refractivity contribution is 7.21. The summed E-state index contributed by atoms with van der Waals surface area (Å²) in [4.78, 5) is 17.1. The molecule has 4 rings (SSSR count). The van der Waals surface area contributed by atoms with Crippen molar-refractivity contribution in [2.45, 2.75) is 12.6 Å². The van der Waals surface area contributed by atoms with Gasteiger partial charge >= 0.3 is 6.18 Å². The Morgan fingerprint density at radius 2 is 1.72 bits per heavy atom. The molecule has 146 valence electrons. The number of hydrogen-bond acceptors (Lipinski definition) is 3. The van der Waals surface area contributed by atoms with Gasteiger partial charge in [0.15, 0.2) is 0 Å². The number of nitrogens with one attached hydrogen (secondary N) is 1. The van der Waals surface area contributed by atoms with Crippen LogP contribution in [-0.4, -0.2) is 10.9 Å². The number of carbonyl (C=O) groups excluding carboxylic acids is 1. The normalized spacial score (nSPS) is 11.6. The number of aromatic nitrogens is 1. The molecule has 4 aromatic rings. The topological polar surface area (TPSA) is 42.0 Å². The number of hydrogen-bond donors (Lipinski definition) is 1. The van der Waals surface area contributed by atoms with E-state index in [-0.39, 0.29) is 6.42 Å². The van der Waals surface area contributed by atoms with Gasteiger partial charge in [0.25, 0.3) is 0 Å². The smallest absolute Gasteiger partial charge is 0.325 e. The van der Waals surface area contributed by atoms with Gasteiger partial charge in [-0.05, 0) is 35.9 Å². The van der Waals surface area contributed by atoms with E-state index in [2.05, 4.69) is 10.3 Å². The highest BCUT2D eigenvalue weighted by Crippen LogP contribution is 2.34. The monoisotopic (exact) mass is 412 g/mol. The highest BCUT2D eigenvalue weighted by atomic mass is 32.1. The van der Waals surface area contributed by atoms with Crippen molar-refractivity contribution in [1.82, 2.24) is 4.98 Å². The Labute approximate surface area is 168 Å². The number of para-hydroxylation sites is 2. The average molecular weight is 412 g/mol. The fraction of sp³-hybridized carbons (Fsp3) is 0.0909. The minimum Gasteiger partial charge on any atom is -0.325 e. The largest absolute Gasteiger partial charge is 0.416 e. The van der Waals surface area contributed by atoms with Crippen LogP contribution in [0.25, 0.3) is 20.8 Å². The van der Waals surface area contributed by atoms with Crippen LogP contribution in [0.2, 0.25) is 0 Å². The molecule has 0 saturated carbocycles. The number of alkyl halides is 3. The first kappa shape index (κ1) is 19.1. The SMILES string of the molecule is O=C(Cc1cccc(C(F)(F)F)c1)Nc1ccccc1-c1nc2ccccc2s1. The summed E-state index contributed by atoms with van der Waals surface area (Å²) in [7, 11) is 0. The number of nitrogens with zero attached hydrogens (tertiary/aromatic N) is 1. The molecule has 3 aromatic carbocycles. The standard InChI is InChI=1S/C22H15F3N2OS/c23-22(24,25)15-7-5-6-14(12-15)13-20(28)26-17-9-2-1-8-16(17)21-27-18-10-3-4-11-19(18)29-21/h1-12H,13H2,(H,26,28). The minimum atomic E-state index is -4.44. The third-order valence-corrected chi connectivity index (χ3v) is 5.41. The zero-order valence-electron chi connectivity index (χ0n) is 15.0. The summed E-state index contributed by atoms with van der Waals surface area (Å²) in [6, 6.07) is 19.8. The Morgan fingerprint density at radius 3 is 2.52 bits per heavy atom. The van der Waals surface area contributed by atoms with Crippen molar-refractivity contribution >= 4 is 33.1 Å². The summed E-state index contributed by atoms with van der Waals surface area (Å²) >= 11 is 1.51. The molecule has 0 saturated heterocycles. The molecule has 0 atom stereocenters. The maximum Gasteiger partial charge on any atom is 0.416 e. The second-order valence-electron chi connectivity index (χ2n) is 6.46. The molecule has 0 radical (unpaired) electrons. The van der Waals surface area contributed by atoms with E-state index in [4.69, 9.17) is 0 Å².